The standard InChI is InChI=1S/C6H3F2.BrH.Zn/c7-5-2-1-3-6(8)4-5;;/h1-3H;1H;/q;;+1/p-1. The fraction of sp³-hybridized carbons (Fsp3) is 0. The molecule has 0 N–H and O–H groups in total. The molecule has 1 aromatic rings. The molecular weight excluding hydrogens is 255 g/mol. The van der Waals surface area contributed by atoms with Crippen LogP contribution in [0.5, 0.6) is 0 Å². The Hall–Kier alpha value is 0.183. The van der Waals surface area contributed by atoms with Gasteiger partial charge in [0.25, 0.3) is 0 Å². The average Bonchev–Trinajstić information content (AvgIpc) is 1.83. The molecule has 0 atom stereocenters. The van der Waals surface area contributed by atoms with Gasteiger partial charge >= 0.3 is 61.1 Å². The van der Waals surface area contributed by atoms with E-state index in [0.29, 0.717) is 18.3 Å². The molecule has 1 rings (SSSR count). The van der Waals surface area contributed by atoms with Gasteiger partial charge in [0.1, 0.15) is 0 Å². The van der Waals surface area contributed by atoms with Crippen molar-refractivity contribution in [3.63, 3.8) is 0 Å². The Labute approximate surface area is 78.1 Å². The Morgan fingerprint density at radius 1 is 1.10 bits per heavy atom. The minimum atomic E-state index is -0.435. The van der Waals surface area contributed by atoms with Crippen molar-refractivity contribution < 1.29 is 44.1 Å². The van der Waals surface area contributed by atoms with Gasteiger partial charge in [-0.05, 0) is 0 Å². The summed E-state index contributed by atoms with van der Waals surface area (Å²) in [6, 6.07) is 3.90. The summed E-state index contributed by atoms with van der Waals surface area (Å²) in [5.74, 6) is -0.870. The Kier molecular flexibility index (Phi) is 4.22. The van der Waals surface area contributed by atoms with E-state index in [4.69, 9.17) is 0 Å². The predicted molar refractivity (Wildman–Crippen MR) is 26.0 cm³/mol. The van der Waals surface area contributed by atoms with Crippen molar-refractivity contribution in [3.8, 4) is 0 Å². The van der Waals surface area contributed by atoms with Crippen molar-refractivity contribution >= 4 is 4.16 Å². The molecule has 10 heavy (non-hydrogen) atoms. The predicted octanol–water partition coefficient (Wildman–Crippen LogP) is -1.86. The van der Waals surface area contributed by atoms with E-state index in [2.05, 4.69) is 0 Å². The van der Waals surface area contributed by atoms with E-state index in [1.165, 1.54) is 18.2 Å². The molecule has 0 aliphatic rings. The van der Waals surface area contributed by atoms with Gasteiger partial charge in [-0.1, -0.05) is 0 Å². The van der Waals surface area contributed by atoms with Crippen LogP contribution in [0.1, 0.15) is 0 Å². The van der Waals surface area contributed by atoms with E-state index in [0.717, 1.165) is 0 Å². The van der Waals surface area contributed by atoms with Crippen LogP contribution in [0.25, 0.3) is 0 Å². The van der Waals surface area contributed by atoms with Gasteiger partial charge in [0.05, 0.1) is 0 Å². The van der Waals surface area contributed by atoms with Crippen molar-refractivity contribution in [2.24, 2.45) is 0 Å². The third-order valence-corrected chi connectivity index (χ3v) is 2.48. The Morgan fingerprint density at radius 2 is 1.50 bits per heavy atom. The zero-order valence-electron chi connectivity index (χ0n) is 5.07. The number of rotatable bonds is 0. The van der Waals surface area contributed by atoms with E-state index in [9.17, 15) is 8.78 Å². The van der Waals surface area contributed by atoms with Crippen LogP contribution in [-0.4, -0.2) is 0 Å². The normalized spacial score (nSPS) is 8.80. The third kappa shape index (κ3) is 2.10. The number of benzene rings is 1. The molecule has 0 fully saturated rings. The first-order chi connectivity index (χ1) is 4.22. The summed E-state index contributed by atoms with van der Waals surface area (Å²) in [6.07, 6.45) is 0. The van der Waals surface area contributed by atoms with Gasteiger partial charge in [-0.25, -0.2) is 0 Å². The topological polar surface area (TPSA) is 0 Å². The molecule has 0 aliphatic carbocycles. The van der Waals surface area contributed by atoms with Crippen LogP contribution < -0.4 is 21.1 Å². The van der Waals surface area contributed by atoms with Crippen molar-refractivity contribution in [2.45, 2.75) is 0 Å². The van der Waals surface area contributed by atoms with Gasteiger partial charge < -0.3 is 17.0 Å². The molecule has 0 heterocycles. The van der Waals surface area contributed by atoms with E-state index in [-0.39, 0.29) is 21.1 Å². The minimum absolute atomic E-state index is 0. The van der Waals surface area contributed by atoms with Gasteiger partial charge in [0, 0.05) is 0 Å². The maximum absolute atomic E-state index is 12.4. The molecule has 0 saturated carbocycles. The molecular formula is C6H3BrF2Zn. The molecule has 0 aliphatic heterocycles. The second-order valence-electron chi connectivity index (χ2n) is 1.70. The van der Waals surface area contributed by atoms with Crippen LogP contribution in [0.4, 0.5) is 8.78 Å². The maximum Gasteiger partial charge on any atom is -1.00 e. The monoisotopic (exact) mass is 256 g/mol. The van der Waals surface area contributed by atoms with E-state index >= 15 is 0 Å². The summed E-state index contributed by atoms with van der Waals surface area (Å²) in [5.41, 5.74) is 0. The molecule has 0 nitrogen and oxygen atoms in total. The summed E-state index contributed by atoms with van der Waals surface area (Å²) in [5, 5.41) is 0. The van der Waals surface area contributed by atoms with Gasteiger partial charge in [-0.15, -0.1) is 0 Å². The van der Waals surface area contributed by atoms with Gasteiger partial charge in [0.15, 0.2) is 0 Å². The van der Waals surface area contributed by atoms with Gasteiger partial charge in [-0.3, -0.25) is 0 Å². The average molecular weight is 258 g/mol. The zero-order chi connectivity index (χ0) is 6.85. The van der Waals surface area contributed by atoms with E-state index in [1.54, 1.807) is 0 Å². The Bertz CT molecular complexity index is 207. The van der Waals surface area contributed by atoms with Gasteiger partial charge in [0.2, 0.25) is 0 Å². The number of hydrogen-bond acceptors (Lipinski definition) is 0. The fourth-order valence-corrected chi connectivity index (χ4v) is 1.03. The summed E-state index contributed by atoms with van der Waals surface area (Å²) in [6.45, 7) is 0. The van der Waals surface area contributed by atoms with Crippen LogP contribution in [0.15, 0.2) is 18.2 Å². The largest absolute Gasteiger partial charge is 1.00 e. The molecule has 0 radical (unpaired) electrons. The SMILES string of the molecule is Fc1cccc(F)[c]1[Zn+].[Br-]. The molecule has 1 aromatic carbocycles. The first-order valence-electron chi connectivity index (χ1n) is 2.48. The second-order valence-corrected chi connectivity index (χ2v) is 3.18. The molecule has 0 saturated heterocycles. The first kappa shape index (κ1) is 10.2. The van der Waals surface area contributed by atoms with Crippen molar-refractivity contribution in [1.82, 2.24) is 0 Å². The fourth-order valence-electron chi connectivity index (χ4n) is 0.532. The molecule has 4 heteroatoms. The third-order valence-electron chi connectivity index (χ3n) is 1.06. The Morgan fingerprint density at radius 3 is 1.80 bits per heavy atom. The van der Waals surface area contributed by atoms with E-state index < -0.39 is 11.6 Å². The summed E-state index contributed by atoms with van der Waals surface area (Å²) in [4.78, 5) is 0. The van der Waals surface area contributed by atoms with E-state index in [1.807, 2.05) is 0 Å². The molecule has 0 spiro atoms. The smallest absolute Gasteiger partial charge is 1.00 e. The molecule has 0 bridgehead atoms. The van der Waals surface area contributed by atoms with Gasteiger partial charge in [-0.2, -0.15) is 0 Å². The first-order valence-corrected chi connectivity index (χ1v) is 3.96. The molecule has 0 aromatic heterocycles. The van der Waals surface area contributed by atoms with Crippen LogP contribution in [0.2, 0.25) is 0 Å². The van der Waals surface area contributed by atoms with Crippen LogP contribution in [0.3, 0.4) is 0 Å². The summed E-state index contributed by atoms with van der Waals surface area (Å²) >= 11 is 0.526. The van der Waals surface area contributed by atoms with Crippen molar-refractivity contribution in [1.29, 1.82) is 0 Å². The number of halogens is 3. The minimum Gasteiger partial charge on any atom is -1.00 e. The summed E-state index contributed by atoms with van der Waals surface area (Å²) < 4.78 is 24.9. The maximum atomic E-state index is 12.4. The van der Waals surface area contributed by atoms with Crippen molar-refractivity contribution in [2.75, 3.05) is 0 Å². The number of hydrogen-bond donors (Lipinski definition) is 0. The summed E-state index contributed by atoms with van der Waals surface area (Å²) in [7, 11) is 0. The second kappa shape index (κ2) is 4.14. The van der Waals surface area contributed by atoms with Crippen molar-refractivity contribution in [3.05, 3.63) is 29.8 Å². The Balaban J connectivity index is 0.000000810. The van der Waals surface area contributed by atoms with Crippen LogP contribution >= 0.6 is 0 Å². The molecule has 0 amide bonds. The zero-order valence-corrected chi connectivity index (χ0v) is 9.63. The van der Waals surface area contributed by atoms with Crippen LogP contribution in [-0.2, 0) is 18.3 Å². The van der Waals surface area contributed by atoms with Crippen LogP contribution in [0, 0.1) is 11.6 Å². The molecule has 50 valence electrons. The molecule has 0 unspecified atom stereocenters. The quantitative estimate of drug-likeness (QED) is 0.479.